The van der Waals surface area contributed by atoms with Crippen molar-refractivity contribution >= 4 is 5.91 Å². The summed E-state index contributed by atoms with van der Waals surface area (Å²) < 4.78 is 1.88. The van der Waals surface area contributed by atoms with E-state index < -0.39 is 0 Å². The molecule has 3 fully saturated rings. The van der Waals surface area contributed by atoms with Crippen molar-refractivity contribution in [1.82, 2.24) is 20.1 Å². The quantitative estimate of drug-likeness (QED) is 0.815. The smallest absolute Gasteiger partial charge is 0.263 e. The Morgan fingerprint density at radius 2 is 1.90 bits per heavy atom. The molecule has 0 unspecified atom stereocenters. The average Bonchev–Trinajstić information content (AvgIpc) is 3.24. The van der Waals surface area contributed by atoms with Gasteiger partial charge in [0.15, 0.2) is 0 Å². The first-order valence-electron chi connectivity index (χ1n) is 11.6. The van der Waals surface area contributed by atoms with Gasteiger partial charge in [-0.15, -0.1) is 0 Å². The summed E-state index contributed by atoms with van der Waals surface area (Å²) in [5, 5.41) is 6.64. The number of pyridine rings is 1. The highest BCUT2D eigenvalue weighted by atomic mass is 16.2. The van der Waals surface area contributed by atoms with Gasteiger partial charge in [0.1, 0.15) is 5.56 Å². The molecular formula is C23H34N4O2. The van der Waals surface area contributed by atoms with Crippen molar-refractivity contribution in [3.63, 3.8) is 0 Å². The molecule has 4 aliphatic rings. The van der Waals surface area contributed by atoms with Crippen LogP contribution in [0, 0.1) is 5.92 Å². The summed E-state index contributed by atoms with van der Waals surface area (Å²) in [7, 11) is 0. The van der Waals surface area contributed by atoms with Crippen LogP contribution in [0.2, 0.25) is 0 Å². The highest BCUT2D eigenvalue weighted by Gasteiger charge is 2.40. The number of aromatic nitrogens is 1. The van der Waals surface area contributed by atoms with E-state index in [2.05, 4.69) is 15.5 Å². The maximum absolute atomic E-state index is 13.1. The lowest BCUT2D eigenvalue weighted by Crippen LogP contribution is -2.56. The molecule has 2 saturated heterocycles. The average molecular weight is 399 g/mol. The Morgan fingerprint density at radius 1 is 1.10 bits per heavy atom. The van der Waals surface area contributed by atoms with E-state index in [0.29, 0.717) is 23.9 Å². The van der Waals surface area contributed by atoms with Crippen molar-refractivity contribution in [3.8, 4) is 0 Å². The van der Waals surface area contributed by atoms with Gasteiger partial charge in [-0.05, 0) is 69.8 Å². The first kappa shape index (κ1) is 19.3. The molecule has 6 nitrogen and oxygen atoms in total. The normalized spacial score (nSPS) is 28.7. The largest absolute Gasteiger partial charge is 0.350 e. The van der Waals surface area contributed by atoms with Gasteiger partial charge in [-0.2, -0.15) is 0 Å². The molecule has 2 atom stereocenters. The molecule has 29 heavy (non-hydrogen) atoms. The summed E-state index contributed by atoms with van der Waals surface area (Å²) >= 11 is 0. The van der Waals surface area contributed by atoms with Gasteiger partial charge in [0, 0.05) is 36.8 Å². The molecule has 0 radical (unpaired) electrons. The summed E-state index contributed by atoms with van der Waals surface area (Å²) in [6.45, 7) is 5.60. The third-order valence-electron chi connectivity index (χ3n) is 7.89. The lowest BCUT2D eigenvalue weighted by atomic mass is 9.84. The number of fused-ring (bicyclic) bond motifs is 4. The fourth-order valence-corrected chi connectivity index (χ4v) is 6.31. The SMILES string of the molecule is O=C(NCC1(N2CCCCC2)CCCC1)c1ccc2n(c1=O)C[C@@H]1CNC[C@H]2C1. The number of carbonyl (C=O) groups is 1. The van der Waals surface area contributed by atoms with Crippen molar-refractivity contribution < 1.29 is 4.79 Å². The molecular weight excluding hydrogens is 364 g/mol. The van der Waals surface area contributed by atoms with Crippen LogP contribution in [0.1, 0.15) is 73.3 Å². The van der Waals surface area contributed by atoms with Crippen molar-refractivity contribution in [2.45, 2.75) is 69.4 Å². The second kappa shape index (κ2) is 7.88. The van der Waals surface area contributed by atoms with Crippen LogP contribution in [0.25, 0.3) is 0 Å². The van der Waals surface area contributed by atoms with Crippen molar-refractivity contribution in [1.29, 1.82) is 0 Å². The lowest BCUT2D eigenvalue weighted by Gasteiger charge is -2.43. The van der Waals surface area contributed by atoms with E-state index in [-0.39, 0.29) is 17.0 Å². The van der Waals surface area contributed by atoms with E-state index in [1.807, 2.05) is 10.6 Å². The molecule has 3 aliphatic heterocycles. The minimum absolute atomic E-state index is 0.100. The van der Waals surface area contributed by atoms with Crippen LogP contribution in [0.15, 0.2) is 16.9 Å². The monoisotopic (exact) mass is 398 g/mol. The van der Waals surface area contributed by atoms with E-state index in [1.54, 1.807) is 6.07 Å². The number of piperidine rings is 2. The fraction of sp³-hybridized carbons (Fsp3) is 0.739. The van der Waals surface area contributed by atoms with Gasteiger partial charge in [0.2, 0.25) is 0 Å². The number of hydrogen-bond acceptors (Lipinski definition) is 4. The zero-order valence-electron chi connectivity index (χ0n) is 17.4. The zero-order valence-corrected chi connectivity index (χ0v) is 17.4. The van der Waals surface area contributed by atoms with E-state index in [0.717, 1.165) is 57.7 Å². The Kier molecular flexibility index (Phi) is 5.25. The van der Waals surface area contributed by atoms with Crippen LogP contribution in [0.5, 0.6) is 0 Å². The second-order valence-electron chi connectivity index (χ2n) is 9.71. The molecule has 1 aromatic rings. The van der Waals surface area contributed by atoms with Gasteiger partial charge < -0.3 is 15.2 Å². The van der Waals surface area contributed by atoms with Crippen LogP contribution in [-0.2, 0) is 6.54 Å². The first-order valence-corrected chi connectivity index (χ1v) is 11.6. The van der Waals surface area contributed by atoms with Gasteiger partial charge in [-0.25, -0.2) is 0 Å². The number of hydrogen-bond donors (Lipinski definition) is 2. The minimum Gasteiger partial charge on any atom is -0.350 e. The van der Waals surface area contributed by atoms with Crippen LogP contribution >= 0.6 is 0 Å². The van der Waals surface area contributed by atoms with E-state index in [4.69, 9.17) is 0 Å². The minimum atomic E-state index is -0.192. The zero-order chi connectivity index (χ0) is 19.8. The Balaban J connectivity index is 1.33. The predicted molar refractivity (Wildman–Crippen MR) is 113 cm³/mol. The summed E-state index contributed by atoms with van der Waals surface area (Å²) in [6.07, 6.45) is 9.80. The maximum atomic E-state index is 13.1. The molecule has 1 aliphatic carbocycles. The molecule has 1 aromatic heterocycles. The number of rotatable bonds is 4. The topological polar surface area (TPSA) is 66.4 Å². The third-order valence-corrected chi connectivity index (χ3v) is 7.89. The molecule has 0 spiro atoms. The molecule has 158 valence electrons. The number of likely N-dealkylation sites (tertiary alicyclic amines) is 1. The summed E-state index contributed by atoms with van der Waals surface area (Å²) in [4.78, 5) is 28.8. The number of carbonyl (C=O) groups excluding carboxylic acids is 1. The molecule has 4 heterocycles. The standard InChI is InChI=1S/C23H34N4O2/c28-21(25-16-23(8-2-3-9-23)26-10-4-1-5-11-26)19-6-7-20-18-12-17(13-24-14-18)15-27(20)22(19)29/h6-7,17-18,24H,1-5,8-16H2,(H,25,28)/t17-,18+/m0/s1. The summed E-state index contributed by atoms with van der Waals surface area (Å²) in [6, 6.07) is 3.78. The molecule has 2 bridgehead atoms. The van der Waals surface area contributed by atoms with E-state index >= 15 is 0 Å². The van der Waals surface area contributed by atoms with Crippen molar-refractivity contribution in [3.05, 3.63) is 33.7 Å². The molecule has 0 aromatic carbocycles. The maximum Gasteiger partial charge on any atom is 0.263 e. The number of nitrogens with zero attached hydrogens (tertiary/aromatic N) is 2. The lowest BCUT2D eigenvalue weighted by molar-refractivity contribution is 0.0641. The first-order chi connectivity index (χ1) is 14.2. The fourth-order valence-electron chi connectivity index (χ4n) is 6.31. The van der Waals surface area contributed by atoms with Gasteiger partial charge in [0.05, 0.1) is 0 Å². The second-order valence-corrected chi connectivity index (χ2v) is 9.71. The Hall–Kier alpha value is -1.66. The van der Waals surface area contributed by atoms with Gasteiger partial charge in [0.25, 0.3) is 11.5 Å². The highest BCUT2D eigenvalue weighted by Crippen LogP contribution is 2.36. The van der Waals surface area contributed by atoms with E-state index in [9.17, 15) is 9.59 Å². The van der Waals surface area contributed by atoms with Crippen LogP contribution in [0.3, 0.4) is 0 Å². The van der Waals surface area contributed by atoms with Crippen LogP contribution in [-0.4, -0.2) is 53.6 Å². The summed E-state index contributed by atoms with van der Waals surface area (Å²) in [5.41, 5.74) is 1.41. The van der Waals surface area contributed by atoms with Crippen LogP contribution in [0.4, 0.5) is 0 Å². The van der Waals surface area contributed by atoms with Crippen LogP contribution < -0.4 is 16.2 Å². The molecule has 6 heteroatoms. The molecule has 1 amide bonds. The highest BCUT2D eigenvalue weighted by molar-refractivity contribution is 5.93. The number of amides is 1. The molecule has 5 rings (SSSR count). The number of nitrogens with one attached hydrogen (secondary N) is 2. The predicted octanol–water partition coefficient (Wildman–Crippen LogP) is 2.08. The van der Waals surface area contributed by atoms with Gasteiger partial charge in [-0.1, -0.05) is 19.3 Å². The molecule has 1 saturated carbocycles. The van der Waals surface area contributed by atoms with Gasteiger partial charge >= 0.3 is 0 Å². The van der Waals surface area contributed by atoms with Crippen molar-refractivity contribution in [2.75, 3.05) is 32.7 Å². The van der Waals surface area contributed by atoms with E-state index in [1.165, 1.54) is 32.1 Å². The van der Waals surface area contributed by atoms with Crippen molar-refractivity contribution in [2.24, 2.45) is 5.92 Å². The Morgan fingerprint density at radius 3 is 2.69 bits per heavy atom. The third kappa shape index (κ3) is 3.55. The molecule has 2 N–H and O–H groups in total. The summed E-state index contributed by atoms with van der Waals surface area (Å²) in [5.74, 6) is 0.703. The Labute approximate surface area is 173 Å². The van der Waals surface area contributed by atoms with Gasteiger partial charge in [-0.3, -0.25) is 14.5 Å². The Bertz CT molecular complexity index is 821.